The monoisotopic (exact) mass is 657 g/mol. The Bertz CT molecular complexity index is 1930. The molecule has 0 spiro atoms. The second-order valence-electron chi connectivity index (χ2n) is 11.6. The van der Waals surface area contributed by atoms with E-state index < -0.39 is 29.2 Å². The van der Waals surface area contributed by atoms with Gasteiger partial charge in [-0.25, -0.2) is 23.1 Å². The third-order valence-electron chi connectivity index (χ3n) is 8.22. The van der Waals surface area contributed by atoms with Crippen molar-refractivity contribution in [2.45, 2.75) is 58.3 Å². The summed E-state index contributed by atoms with van der Waals surface area (Å²) >= 11 is 1.32. The molecular formula is C35H35F2N6O3S+. The first-order chi connectivity index (χ1) is 22.4. The number of aryl methyl sites for hydroxylation is 2. The molecule has 2 N–H and O–H groups in total. The molecular weight excluding hydrogens is 622 g/mol. The first-order valence-electron chi connectivity index (χ1n) is 15.0. The number of esters is 1. The third kappa shape index (κ3) is 7.28. The van der Waals surface area contributed by atoms with Crippen molar-refractivity contribution in [3.05, 3.63) is 117 Å². The minimum atomic E-state index is -1.86. The summed E-state index contributed by atoms with van der Waals surface area (Å²) in [7, 11) is 1.69. The van der Waals surface area contributed by atoms with E-state index in [1.54, 1.807) is 57.8 Å². The number of hydrogen-bond donors (Lipinski definition) is 2. The number of halogens is 2. The van der Waals surface area contributed by atoms with Gasteiger partial charge in [-0.1, -0.05) is 25.1 Å². The van der Waals surface area contributed by atoms with Gasteiger partial charge in [0, 0.05) is 33.6 Å². The number of benzene rings is 3. The standard InChI is InChI=1S/C35H35F2N6O3S/c1-21-12-26(13-22(2)32(21)46-34(44)24(4)39-5)16-42-19-40-43(20-42)18-35(45,29-11-10-28(36)14-30(29)37)23(3)33-41-31(17-47-33)27-8-6-25(15-38)7-9-27/h6-14,17,19-20,23-24,39,45H,16,18H2,1-5H3/q+1/t23-,24-,35+/m0/s1. The Labute approximate surface area is 275 Å². The Hall–Kier alpha value is -4.83. The van der Waals surface area contributed by atoms with E-state index in [2.05, 4.69) is 16.5 Å². The minimum Gasteiger partial charge on any atom is -0.425 e. The molecule has 0 bridgehead atoms. The highest BCUT2D eigenvalue weighted by Gasteiger charge is 2.43. The van der Waals surface area contributed by atoms with Gasteiger partial charge in [0.2, 0.25) is 6.33 Å². The Morgan fingerprint density at radius 3 is 2.49 bits per heavy atom. The van der Waals surface area contributed by atoms with Crippen molar-refractivity contribution in [1.29, 1.82) is 5.26 Å². The molecule has 0 saturated heterocycles. The number of rotatable bonds is 11. The second kappa shape index (κ2) is 13.9. The zero-order valence-electron chi connectivity index (χ0n) is 26.7. The van der Waals surface area contributed by atoms with Gasteiger partial charge in [0.05, 0.1) is 28.9 Å². The van der Waals surface area contributed by atoms with Crippen molar-refractivity contribution in [2.75, 3.05) is 7.05 Å². The van der Waals surface area contributed by atoms with Gasteiger partial charge in [-0.2, -0.15) is 5.26 Å². The van der Waals surface area contributed by atoms with Crippen LogP contribution in [0.15, 0.2) is 72.6 Å². The maximum Gasteiger partial charge on any atom is 0.328 e. The quantitative estimate of drug-likeness (QED) is 0.112. The van der Waals surface area contributed by atoms with E-state index in [9.17, 15) is 14.3 Å². The van der Waals surface area contributed by atoms with Crippen LogP contribution in [0.3, 0.4) is 0 Å². The highest BCUT2D eigenvalue weighted by Crippen LogP contribution is 2.41. The Kier molecular flexibility index (Phi) is 9.91. The van der Waals surface area contributed by atoms with Gasteiger partial charge in [0.15, 0.2) is 0 Å². The summed E-state index contributed by atoms with van der Waals surface area (Å²) in [4.78, 5) is 17.1. The van der Waals surface area contributed by atoms with Crippen LogP contribution in [0.4, 0.5) is 8.78 Å². The minimum absolute atomic E-state index is 0.0763. The summed E-state index contributed by atoms with van der Waals surface area (Å²) in [6, 6.07) is 15.6. The lowest BCUT2D eigenvalue weighted by molar-refractivity contribution is -0.689. The molecule has 242 valence electrons. The highest BCUT2D eigenvalue weighted by molar-refractivity contribution is 7.10. The molecule has 12 heteroatoms. The fraction of sp³-hybridized carbons (Fsp3) is 0.286. The van der Waals surface area contributed by atoms with Crippen molar-refractivity contribution in [3.8, 4) is 23.1 Å². The zero-order chi connectivity index (χ0) is 33.9. The van der Waals surface area contributed by atoms with E-state index in [0.717, 1.165) is 34.4 Å². The number of nitrogens with one attached hydrogen (secondary N) is 1. The number of nitriles is 1. The Morgan fingerprint density at radius 2 is 1.85 bits per heavy atom. The van der Waals surface area contributed by atoms with Crippen molar-refractivity contribution < 1.29 is 28.0 Å². The number of hydrogen-bond acceptors (Lipinski definition) is 8. The number of ether oxygens (including phenoxy) is 1. The number of carbonyl (C=O) groups is 1. The molecule has 3 aromatic carbocycles. The topological polar surface area (TPSA) is 117 Å². The second-order valence-corrected chi connectivity index (χ2v) is 12.5. The van der Waals surface area contributed by atoms with E-state index >= 15 is 4.39 Å². The fourth-order valence-corrected chi connectivity index (χ4v) is 6.39. The molecule has 0 fully saturated rings. The van der Waals surface area contributed by atoms with Gasteiger partial charge in [-0.15, -0.1) is 16.0 Å². The van der Waals surface area contributed by atoms with Gasteiger partial charge < -0.3 is 15.2 Å². The molecule has 47 heavy (non-hydrogen) atoms. The van der Waals surface area contributed by atoms with E-state index in [1.807, 2.05) is 35.9 Å². The van der Waals surface area contributed by atoms with Crippen LogP contribution >= 0.6 is 11.3 Å². The van der Waals surface area contributed by atoms with Gasteiger partial charge in [0.25, 0.3) is 6.33 Å². The Balaban J connectivity index is 1.41. The van der Waals surface area contributed by atoms with Crippen molar-refractivity contribution >= 4 is 17.3 Å². The molecule has 2 aromatic heterocycles. The highest BCUT2D eigenvalue weighted by atomic mass is 32.1. The van der Waals surface area contributed by atoms with Crippen molar-refractivity contribution in [2.24, 2.45) is 0 Å². The number of aliphatic hydroxyl groups is 1. The van der Waals surface area contributed by atoms with Gasteiger partial charge in [0.1, 0.15) is 35.6 Å². The number of likely N-dealkylation sites (N-methyl/N-ethyl adjacent to an activating group) is 1. The van der Waals surface area contributed by atoms with E-state index in [0.29, 0.717) is 28.6 Å². The SMILES string of the molecule is CN[C@@H](C)C(=O)Oc1c(C)cc(C[n+]2cnn(C[C@](O)(c3ccc(F)cc3F)[C@@H](C)c3nc(-c4ccc(C#N)cc4)cs3)c2)cc1C. The van der Waals surface area contributed by atoms with Gasteiger partial charge in [-0.3, -0.25) is 0 Å². The average Bonchev–Trinajstić information content (AvgIpc) is 3.71. The van der Waals surface area contributed by atoms with Gasteiger partial charge >= 0.3 is 5.97 Å². The van der Waals surface area contributed by atoms with Gasteiger partial charge in [-0.05, 0) is 74.8 Å². The molecule has 5 rings (SSSR count). The number of nitrogens with zero attached hydrogens (tertiary/aromatic N) is 5. The van der Waals surface area contributed by atoms with E-state index in [-0.39, 0.29) is 18.1 Å². The predicted octanol–water partition coefficient (Wildman–Crippen LogP) is 5.31. The first-order valence-corrected chi connectivity index (χ1v) is 15.8. The van der Waals surface area contributed by atoms with Crippen LogP contribution in [0.5, 0.6) is 5.75 Å². The van der Waals surface area contributed by atoms with Crippen LogP contribution in [0, 0.1) is 36.8 Å². The lowest BCUT2D eigenvalue weighted by Crippen LogP contribution is -2.39. The first kappa shape index (κ1) is 33.5. The molecule has 0 amide bonds. The maximum absolute atomic E-state index is 15.3. The van der Waals surface area contributed by atoms with Crippen molar-refractivity contribution in [3.63, 3.8) is 0 Å². The maximum atomic E-state index is 15.3. The van der Waals surface area contributed by atoms with Crippen LogP contribution in [0.25, 0.3) is 11.3 Å². The molecule has 0 aliphatic rings. The zero-order valence-corrected chi connectivity index (χ0v) is 27.5. The normalized spacial score (nSPS) is 13.9. The Morgan fingerprint density at radius 1 is 1.15 bits per heavy atom. The lowest BCUT2D eigenvalue weighted by atomic mass is 9.82. The number of thiazole rings is 1. The smallest absolute Gasteiger partial charge is 0.328 e. The fourth-order valence-electron chi connectivity index (χ4n) is 5.42. The molecule has 0 unspecified atom stereocenters. The molecule has 0 aliphatic heterocycles. The predicted molar refractivity (Wildman–Crippen MR) is 173 cm³/mol. The van der Waals surface area contributed by atoms with E-state index in [4.69, 9.17) is 15.0 Å². The van der Waals surface area contributed by atoms with Crippen LogP contribution in [0.2, 0.25) is 0 Å². The molecule has 9 nitrogen and oxygen atoms in total. The summed E-state index contributed by atoms with van der Waals surface area (Å²) in [5.41, 5.74) is 2.61. The molecule has 0 saturated carbocycles. The van der Waals surface area contributed by atoms with Crippen molar-refractivity contribution in [1.82, 2.24) is 20.1 Å². The molecule has 0 radical (unpaired) electrons. The number of carbonyl (C=O) groups excluding carboxylic acids is 1. The van der Waals surface area contributed by atoms with Crippen LogP contribution in [0.1, 0.15) is 52.6 Å². The summed E-state index contributed by atoms with van der Waals surface area (Å²) in [5.74, 6) is -2.20. The molecule has 2 heterocycles. The van der Waals surface area contributed by atoms with E-state index in [1.165, 1.54) is 22.1 Å². The third-order valence-corrected chi connectivity index (χ3v) is 9.25. The van der Waals surface area contributed by atoms with Crippen LogP contribution < -0.4 is 14.6 Å². The summed E-state index contributed by atoms with van der Waals surface area (Å²) in [6.07, 6.45) is 3.31. The van der Waals surface area contributed by atoms with Crippen LogP contribution in [-0.4, -0.2) is 38.9 Å². The summed E-state index contributed by atoms with van der Waals surface area (Å²) in [6.45, 7) is 7.52. The van der Waals surface area contributed by atoms with Crippen LogP contribution in [-0.2, 0) is 23.5 Å². The average molecular weight is 658 g/mol. The molecule has 3 atom stereocenters. The number of aromatic nitrogens is 4. The summed E-state index contributed by atoms with van der Waals surface area (Å²) < 4.78 is 38.2. The summed E-state index contributed by atoms with van der Waals surface area (Å²) in [5, 5.41) is 31.1. The lowest BCUT2D eigenvalue weighted by Gasteiger charge is -2.32. The molecule has 5 aromatic rings. The molecule has 0 aliphatic carbocycles. The largest absolute Gasteiger partial charge is 0.425 e.